The predicted molar refractivity (Wildman–Crippen MR) is 75.7 cm³/mol. The van der Waals surface area contributed by atoms with Crippen LogP contribution in [0, 0.1) is 12.3 Å². The zero-order valence-electron chi connectivity index (χ0n) is 10.5. The lowest BCUT2D eigenvalue weighted by atomic mass is 10.1. The molecule has 4 nitrogen and oxygen atoms in total. The third-order valence-corrected chi connectivity index (χ3v) is 2.70. The first-order valence-electron chi connectivity index (χ1n) is 5.81. The first-order chi connectivity index (χ1) is 9.60. The molecule has 20 heavy (non-hydrogen) atoms. The van der Waals surface area contributed by atoms with Crippen LogP contribution in [0.2, 0.25) is 0 Å². The van der Waals surface area contributed by atoms with Gasteiger partial charge in [0.05, 0.1) is 5.56 Å². The molecule has 0 saturated heterocycles. The first kappa shape index (κ1) is 13.4. The van der Waals surface area contributed by atoms with Crippen molar-refractivity contribution in [2.24, 2.45) is 0 Å². The van der Waals surface area contributed by atoms with Gasteiger partial charge in [-0.15, -0.1) is 6.42 Å². The number of hydrogen-bond donors (Lipinski definition) is 2. The molecule has 0 aliphatic heterocycles. The molecular weight excluding hydrogens is 254 g/mol. The molecule has 98 valence electrons. The number of carbonyl (C=O) groups excluding carboxylic acids is 1. The Hall–Kier alpha value is -3.06. The highest BCUT2D eigenvalue weighted by molar-refractivity contribution is 6.04. The smallest absolute Gasteiger partial charge is 0.335 e. The third kappa shape index (κ3) is 3.03. The van der Waals surface area contributed by atoms with Crippen molar-refractivity contribution in [1.82, 2.24) is 0 Å². The predicted octanol–water partition coefficient (Wildman–Crippen LogP) is 2.62. The van der Waals surface area contributed by atoms with E-state index in [2.05, 4.69) is 11.2 Å². The van der Waals surface area contributed by atoms with E-state index in [0.717, 1.165) is 0 Å². The van der Waals surface area contributed by atoms with E-state index in [4.69, 9.17) is 11.5 Å². The Morgan fingerprint density at radius 1 is 0.950 bits per heavy atom. The Morgan fingerprint density at radius 3 is 2.00 bits per heavy atom. The zero-order chi connectivity index (χ0) is 14.5. The molecule has 0 bridgehead atoms. The third-order valence-electron chi connectivity index (χ3n) is 2.70. The van der Waals surface area contributed by atoms with Crippen LogP contribution in [0.3, 0.4) is 0 Å². The molecule has 0 aliphatic carbocycles. The minimum atomic E-state index is -1.01. The highest BCUT2D eigenvalue weighted by atomic mass is 16.4. The van der Waals surface area contributed by atoms with Gasteiger partial charge in [-0.2, -0.15) is 0 Å². The van der Waals surface area contributed by atoms with Crippen LogP contribution in [-0.2, 0) is 0 Å². The summed E-state index contributed by atoms with van der Waals surface area (Å²) in [5.41, 5.74) is 1.88. The summed E-state index contributed by atoms with van der Waals surface area (Å²) in [7, 11) is 0. The van der Waals surface area contributed by atoms with E-state index in [1.165, 1.54) is 24.3 Å². The number of carboxylic acid groups (broad SMARTS) is 1. The Balaban J connectivity index is 2.10. The number of hydrogen-bond acceptors (Lipinski definition) is 2. The minimum Gasteiger partial charge on any atom is -0.478 e. The fourth-order valence-electron chi connectivity index (χ4n) is 1.62. The van der Waals surface area contributed by atoms with Crippen molar-refractivity contribution in [3.63, 3.8) is 0 Å². The van der Waals surface area contributed by atoms with Gasteiger partial charge in [-0.3, -0.25) is 4.79 Å². The second-order valence-electron chi connectivity index (χ2n) is 4.06. The normalized spacial score (nSPS) is 9.55. The van der Waals surface area contributed by atoms with Crippen molar-refractivity contribution >= 4 is 17.6 Å². The molecular formula is C16H11NO3. The van der Waals surface area contributed by atoms with Gasteiger partial charge >= 0.3 is 5.97 Å². The molecule has 2 rings (SSSR count). The number of amides is 1. The van der Waals surface area contributed by atoms with Crippen molar-refractivity contribution in [3.8, 4) is 12.3 Å². The second-order valence-corrected chi connectivity index (χ2v) is 4.06. The molecule has 0 unspecified atom stereocenters. The van der Waals surface area contributed by atoms with Gasteiger partial charge in [-0.25, -0.2) is 4.79 Å². The van der Waals surface area contributed by atoms with E-state index in [1.54, 1.807) is 24.3 Å². The summed E-state index contributed by atoms with van der Waals surface area (Å²) in [5, 5.41) is 11.5. The van der Waals surface area contributed by atoms with Crippen LogP contribution in [0.1, 0.15) is 26.3 Å². The topological polar surface area (TPSA) is 66.4 Å². The Morgan fingerprint density at radius 2 is 1.50 bits per heavy atom. The van der Waals surface area contributed by atoms with Gasteiger partial charge in [0.15, 0.2) is 0 Å². The van der Waals surface area contributed by atoms with Crippen LogP contribution in [0.15, 0.2) is 48.5 Å². The Kier molecular flexibility index (Phi) is 3.82. The molecule has 0 atom stereocenters. The van der Waals surface area contributed by atoms with Crippen molar-refractivity contribution in [1.29, 1.82) is 0 Å². The van der Waals surface area contributed by atoms with Gasteiger partial charge in [0.25, 0.3) is 5.91 Å². The summed E-state index contributed by atoms with van der Waals surface area (Å²) >= 11 is 0. The molecule has 0 heterocycles. The van der Waals surface area contributed by atoms with Crippen LogP contribution in [0.25, 0.3) is 0 Å². The highest BCUT2D eigenvalue weighted by Crippen LogP contribution is 2.12. The number of rotatable bonds is 3. The van der Waals surface area contributed by atoms with E-state index in [9.17, 15) is 9.59 Å². The van der Waals surface area contributed by atoms with E-state index in [1.807, 2.05) is 0 Å². The summed E-state index contributed by atoms with van der Waals surface area (Å²) < 4.78 is 0. The van der Waals surface area contributed by atoms with Gasteiger partial charge in [0.1, 0.15) is 0 Å². The van der Waals surface area contributed by atoms with Gasteiger partial charge in [-0.05, 0) is 48.5 Å². The molecule has 1 amide bonds. The Bertz CT molecular complexity index is 679. The standard InChI is InChI=1S/C16H11NO3/c1-2-11-3-5-12(6-4-11)15(18)17-14-9-7-13(8-10-14)16(19)20/h1,3-10H,(H,17,18)(H,19,20). The lowest BCUT2D eigenvalue weighted by Crippen LogP contribution is -2.11. The lowest BCUT2D eigenvalue weighted by molar-refractivity contribution is 0.0696. The van der Waals surface area contributed by atoms with Crippen LogP contribution < -0.4 is 5.32 Å². The van der Waals surface area contributed by atoms with Crippen molar-refractivity contribution in [2.45, 2.75) is 0 Å². The van der Waals surface area contributed by atoms with Crippen LogP contribution in [-0.4, -0.2) is 17.0 Å². The summed E-state index contributed by atoms with van der Waals surface area (Å²) in [5.74, 6) is 1.18. The van der Waals surface area contributed by atoms with Crippen molar-refractivity contribution in [2.75, 3.05) is 5.32 Å². The van der Waals surface area contributed by atoms with E-state index in [0.29, 0.717) is 16.8 Å². The summed E-state index contributed by atoms with van der Waals surface area (Å²) in [6, 6.07) is 12.6. The van der Waals surface area contributed by atoms with E-state index < -0.39 is 5.97 Å². The van der Waals surface area contributed by atoms with E-state index >= 15 is 0 Å². The number of terminal acetylenes is 1. The number of carboxylic acids is 1. The van der Waals surface area contributed by atoms with Gasteiger partial charge in [0.2, 0.25) is 0 Å². The van der Waals surface area contributed by atoms with Gasteiger partial charge in [0, 0.05) is 16.8 Å². The summed E-state index contributed by atoms with van der Waals surface area (Å²) in [4.78, 5) is 22.7. The quantitative estimate of drug-likeness (QED) is 0.838. The van der Waals surface area contributed by atoms with Crippen molar-refractivity contribution in [3.05, 3.63) is 65.2 Å². The number of aromatic carboxylic acids is 1. The maximum absolute atomic E-state index is 12.0. The van der Waals surface area contributed by atoms with Crippen molar-refractivity contribution < 1.29 is 14.7 Å². The maximum Gasteiger partial charge on any atom is 0.335 e. The number of nitrogens with one attached hydrogen (secondary N) is 1. The number of carbonyl (C=O) groups is 2. The fraction of sp³-hybridized carbons (Fsp3) is 0. The van der Waals surface area contributed by atoms with Crippen LogP contribution >= 0.6 is 0 Å². The highest BCUT2D eigenvalue weighted by Gasteiger charge is 2.07. The zero-order valence-corrected chi connectivity index (χ0v) is 10.5. The second kappa shape index (κ2) is 5.72. The van der Waals surface area contributed by atoms with Gasteiger partial charge in [-0.1, -0.05) is 5.92 Å². The SMILES string of the molecule is C#Cc1ccc(C(=O)Nc2ccc(C(=O)O)cc2)cc1. The lowest BCUT2D eigenvalue weighted by Gasteiger charge is -2.05. The average molecular weight is 265 g/mol. The maximum atomic E-state index is 12.0. The molecule has 0 spiro atoms. The van der Waals surface area contributed by atoms with Gasteiger partial charge < -0.3 is 10.4 Å². The minimum absolute atomic E-state index is 0.168. The molecule has 0 fully saturated rings. The molecule has 0 radical (unpaired) electrons. The Labute approximate surface area is 116 Å². The first-order valence-corrected chi connectivity index (χ1v) is 5.81. The molecule has 4 heteroatoms. The van der Waals surface area contributed by atoms with Crippen LogP contribution in [0.5, 0.6) is 0 Å². The summed E-state index contributed by atoms with van der Waals surface area (Å²) in [6.45, 7) is 0. The molecule has 0 aliphatic rings. The molecule has 0 aromatic heterocycles. The molecule has 0 saturated carbocycles. The molecule has 2 N–H and O–H groups in total. The average Bonchev–Trinajstić information content (AvgIpc) is 2.48. The largest absolute Gasteiger partial charge is 0.478 e. The monoisotopic (exact) mass is 265 g/mol. The fourth-order valence-corrected chi connectivity index (χ4v) is 1.62. The number of benzene rings is 2. The van der Waals surface area contributed by atoms with E-state index in [-0.39, 0.29) is 11.5 Å². The molecule has 2 aromatic rings. The summed E-state index contributed by atoms with van der Waals surface area (Å²) in [6.07, 6.45) is 5.24. The molecule has 2 aromatic carbocycles. The number of anilines is 1. The van der Waals surface area contributed by atoms with Crippen LogP contribution in [0.4, 0.5) is 5.69 Å².